The molecule has 2 aliphatic rings. The predicted molar refractivity (Wildman–Crippen MR) is 105 cm³/mol. The van der Waals surface area contributed by atoms with E-state index in [9.17, 15) is 4.79 Å². The van der Waals surface area contributed by atoms with Crippen molar-refractivity contribution in [3.8, 4) is 5.75 Å². The SMILES string of the molecule is C[C@H](Sc1nnc(COc2ccccc2Cl)n1C1CC1)C(=O)N1CCCC1. The van der Waals surface area contributed by atoms with Gasteiger partial charge in [0.15, 0.2) is 11.0 Å². The Bertz CT molecular complexity index is 818. The highest BCUT2D eigenvalue weighted by atomic mass is 35.5. The fourth-order valence-corrected chi connectivity index (χ4v) is 4.51. The molecule has 2 aromatic rings. The maximum atomic E-state index is 12.6. The Hall–Kier alpha value is -1.73. The van der Waals surface area contributed by atoms with Gasteiger partial charge in [0.1, 0.15) is 12.4 Å². The highest BCUT2D eigenvalue weighted by molar-refractivity contribution is 8.00. The first-order chi connectivity index (χ1) is 13.1. The van der Waals surface area contributed by atoms with Crippen molar-refractivity contribution in [2.75, 3.05) is 13.1 Å². The molecule has 27 heavy (non-hydrogen) atoms. The van der Waals surface area contributed by atoms with Gasteiger partial charge in [-0.25, -0.2) is 0 Å². The van der Waals surface area contributed by atoms with Gasteiger partial charge in [0.2, 0.25) is 5.91 Å². The molecule has 0 N–H and O–H groups in total. The maximum absolute atomic E-state index is 12.6. The normalized spacial score (nSPS) is 17.9. The molecular weight excluding hydrogens is 384 g/mol. The molecule has 1 aromatic carbocycles. The lowest BCUT2D eigenvalue weighted by atomic mass is 10.3. The predicted octanol–water partition coefficient (Wildman–Crippen LogP) is 3.95. The lowest BCUT2D eigenvalue weighted by Gasteiger charge is -2.20. The van der Waals surface area contributed by atoms with Crippen molar-refractivity contribution in [1.29, 1.82) is 0 Å². The third-order valence-corrected chi connectivity index (χ3v) is 6.24. The fourth-order valence-electron chi connectivity index (χ4n) is 3.29. The molecule has 1 aliphatic heterocycles. The average Bonchev–Trinajstić information content (AvgIpc) is 3.20. The molecule has 2 fully saturated rings. The Kier molecular flexibility index (Phi) is 5.59. The number of benzene rings is 1. The zero-order valence-corrected chi connectivity index (χ0v) is 16.9. The lowest BCUT2D eigenvalue weighted by molar-refractivity contribution is -0.129. The minimum atomic E-state index is -0.165. The van der Waals surface area contributed by atoms with Crippen LogP contribution in [-0.2, 0) is 11.4 Å². The molecule has 1 atom stereocenters. The molecular formula is C19H23ClN4O2S. The second-order valence-electron chi connectivity index (χ2n) is 7.01. The van der Waals surface area contributed by atoms with E-state index in [1.165, 1.54) is 11.8 Å². The zero-order chi connectivity index (χ0) is 18.8. The Morgan fingerprint density at radius 2 is 2.04 bits per heavy atom. The molecule has 1 saturated carbocycles. The highest BCUT2D eigenvalue weighted by Gasteiger charge is 2.32. The van der Waals surface area contributed by atoms with Crippen LogP contribution in [0.2, 0.25) is 5.02 Å². The number of carbonyl (C=O) groups is 1. The van der Waals surface area contributed by atoms with Crippen molar-refractivity contribution in [2.45, 2.75) is 55.7 Å². The first kappa shape index (κ1) is 18.6. The van der Waals surface area contributed by atoms with E-state index in [4.69, 9.17) is 16.3 Å². The number of rotatable bonds is 7. The molecule has 4 rings (SSSR count). The van der Waals surface area contributed by atoms with Crippen molar-refractivity contribution in [3.63, 3.8) is 0 Å². The van der Waals surface area contributed by atoms with Crippen LogP contribution in [0.3, 0.4) is 0 Å². The standard InChI is InChI=1S/C19H23ClN4O2S/c1-13(18(25)23-10-4-5-11-23)27-19-22-21-17(24(19)14-8-9-14)12-26-16-7-3-2-6-15(16)20/h2-3,6-7,13-14H,4-5,8-12H2,1H3/t13-/m0/s1. The van der Waals surface area contributed by atoms with E-state index in [0.29, 0.717) is 23.4 Å². The Balaban J connectivity index is 1.46. The summed E-state index contributed by atoms with van der Waals surface area (Å²) in [6, 6.07) is 7.80. The van der Waals surface area contributed by atoms with Gasteiger partial charge in [-0.15, -0.1) is 10.2 Å². The van der Waals surface area contributed by atoms with Gasteiger partial charge in [0.25, 0.3) is 0 Å². The summed E-state index contributed by atoms with van der Waals surface area (Å²) in [4.78, 5) is 14.6. The van der Waals surface area contributed by atoms with Gasteiger partial charge < -0.3 is 9.64 Å². The molecule has 1 aromatic heterocycles. The number of likely N-dealkylation sites (tertiary alicyclic amines) is 1. The largest absolute Gasteiger partial charge is 0.484 e. The Labute approximate surface area is 168 Å². The number of para-hydroxylation sites is 1. The number of carbonyl (C=O) groups excluding carboxylic acids is 1. The van der Waals surface area contributed by atoms with Gasteiger partial charge in [0.05, 0.1) is 10.3 Å². The fraction of sp³-hybridized carbons (Fsp3) is 0.526. The van der Waals surface area contributed by atoms with E-state index in [2.05, 4.69) is 14.8 Å². The number of hydrogen-bond donors (Lipinski definition) is 0. The summed E-state index contributed by atoms with van der Waals surface area (Å²) >= 11 is 7.66. The number of thioether (sulfide) groups is 1. The average molecular weight is 407 g/mol. The number of hydrogen-bond acceptors (Lipinski definition) is 5. The van der Waals surface area contributed by atoms with Crippen LogP contribution in [0.15, 0.2) is 29.4 Å². The molecule has 144 valence electrons. The molecule has 0 spiro atoms. The summed E-state index contributed by atoms with van der Waals surface area (Å²) in [6.45, 7) is 4.01. The van der Waals surface area contributed by atoms with Crippen LogP contribution < -0.4 is 4.74 Å². The molecule has 1 saturated heterocycles. The quantitative estimate of drug-likeness (QED) is 0.651. The highest BCUT2D eigenvalue weighted by Crippen LogP contribution is 2.40. The van der Waals surface area contributed by atoms with Crippen LogP contribution in [0.4, 0.5) is 0 Å². The number of amides is 1. The maximum Gasteiger partial charge on any atom is 0.235 e. The Morgan fingerprint density at radius 1 is 1.30 bits per heavy atom. The van der Waals surface area contributed by atoms with E-state index in [-0.39, 0.29) is 11.2 Å². The third kappa shape index (κ3) is 4.24. The van der Waals surface area contributed by atoms with Crippen molar-refractivity contribution in [2.24, 2.45) is 0 Å². The monoisotopic (exact) mass is 406 g/mol. The smallest absolute Gasteiger partial charge is 0.235 e. The molecule has 0 radical (unpaired) electrons. The summed E-state index contributed by atoms with van der Waals surface area (Å²) in [6.07, 6.45) is 4.42. The molecule has 0 bridgehead atoms. The molecule has 8 heteroatoms. The van der Waals surface area contributed by atoms with Crippen LogP contribution in [0.25, 0.3) is 0 Å². The summed E-state index contributed by atoms with van der Waals surface area (Å²) in [7, 11) is 0. The van der Waals surface area contributed by atoms with Crippen LogP contribution in [-0.4, -0.2) is 43.9 Å². The van der Waals surface area contributed by atoms with Crippen LogP contribution in [0, 0.1) is 0 Å². The van der Waals surface area contributed by atoms with Crippen LogP contribution in [0.5, 0.6) is 5.75 Å². The first-order valence-electron chi connectivity index (χ1n) is 9.40. The van der Waals surface area contributed by atoms with Crippen molar-refractivity contribution >= 4 is 29.3 Å². The van der Waals surface area contributed by atoms with E-state index in [1.54, 1.807) is 6.07 Å². The van der Waals surface area contributed by atoms with E-state index >= 15 is 0 Å². The van der Waals surface area contributed by atoms with Crippen LogP contribution in [0.1, 0.15) is 44.5 Å². The summed E-state index contributed by atoms with van der Waals surface area (Å²) in [5.41, 5.74) is 0. The van der Waals surface area contributed by atoms with Gasteiger partial charge in [-0.1, -0.05) is 35.5 Å². The number of halogens is 1. The Morgan fingerprint density at radius 3 is 2.74 bits per heavy atom. The van der Waals surface area contributed by atoms with Crippen molar-refractivity contribution in [1.82, 2.24) is 19.7 Å². The summed E-state index contributed by atoms with van der Waals surface area (Å²) in [5, 5.41) is 9.90. The van der Waals surface area contributed by atoms with E-state index in [0.717, 1.165) is 49.8 Å². The van der Waals surface area contributed by atoms with Gasteiger partial charge in [-0.2, -0.15) is 0 Å². The van der Waals surface area contributed by atoms with Gasteiger partial charge >= 0.3 is 0 Å². The van der Waals surface area contributed by atoms with Gasteiger partial charge in [-0.3, -0.25) is 9.36 Å². The third-order valence-electron chi connectivity index (χ3n) is 4.89. The van der Waals surface area contributed by atoms with E-state index in [1.807, 2.05) is 30.0 Å². The topological polar surface area (TPSA) is 60.3 Å². The number of nitrogens with zero attached hydrogens (tertiary/aromatic N) is 4. The van der Waals surface area contributed by atoms with Gasteiger partial charge in [0, 0.05) is 19.1 Å². The number of ether oxygens (including phenoxy) is 1. The first-order valence-corrected chi connectivity index (χ1v) is 10.7. The number of aromatic nitrogens is 3. The zero-order valence-electron chi connectivity index (χ0n) is 15.3. The molecule has 6 nitrogen and oxygen atoms in total. The van der Waals surface area contributed by atoms with Crippen LogP contribution >= 0.6 is 23.4 Å². The summed E-state index contributed by atoms with van der Waals surface area (Å²) in [5.74, 6) is 1.61. The molecule has 2 heterocycles. The molecule has 1 amide bonds. The minimum absolute atomic E-state index is 0.165. The summed E-state index contributed by atoms with van der Waals surface area (Å²) < 4.78 is 7.98. The second-order valence-corrected chi connectivity index (χ2v) is 8.73. The van der Waals surface area contributed by atoms with Crippen molar-refractivity contribution in [3.05, 3.63) is 35.1 Å². The van der Waals surface area contributed by atoms with E-state index < -0.39 is 0 Å². The molecule has 1 aliphatic carbocycles. The van der Waals surface area contributed by atoms with Gasteiger partial charge in [-0.05, 0) is 44.7 Å². The minimum Gasteiger partial charge on any atom is -0.484 e. The molecule has 0 unspecified atom stereocenters. The second kappa shape index (κ2) is 8.10. The van der Waals surface area contributed by atoms with Crippen molar-refractivity contribution < 1.29 is 9.53 Å². The lowest BCUT2D eigenvalue weighted by Crippen LogP contribution is -2.34.